The fourth-order valence-corrected chi connectivity index (χ4v) is 2.55. The lowest BCUT2D eigenvalue weighted by atomic mass is 9.87. The van der Waals surface area contributed by atoms with Crippen LogP contribution in [-0.2, 0) is 5.41 Å². The average Bonchev–Trinajstić information content (AvgIpc) is 1.97. The topological polar surface area (TPSA) is 0 Å². The summed E-state index contributed by atoms with van der Waals surface area (Å²) in [5.41, 5.74) is 1.47. The first-order chi connectivity index (χ1) is 5.82. The summed E-state index contributed by atoms with van der Waals surface area (Å²) in [6.07, 6.45) is 0. The van der Waals surface area contributed by atoms with Gasteiger partial charge in [-0.2, -0.15) is 0 Å². The predicted octanol–water partition coefficient (Wildman–Crippen LogP) is 5.00. The van der Waals surface area contributed by atoms with Crippen LogP contribution in [0.5, 0.6) is 0 Å². The van der Waals surface area contributed by atoms with Crippen LogP contribution < -0.4 is 0 Å². The van der Waals surface area contributed by atoms with Crippen LogP contribution in [0, 0.1) is 3.57 Å². The number of rotatable bonds is 0. The molecule has 1 rings (SSSR count). The standard InChI is InChI=1S/C10H11BrClI/c1-10(2,3)6-4-7(11)9(12)8(13)5-6/h4-5H,1-3H3. The third-order valence-electron chi connectivity index (χ3n) is 1.85. The molecule has 0 radical (unpaired) electrons. The zero-order valence-electron chi connectivity index (χ0n) is 7.79. The van der Waals surface area contributed by atoms with Gasteiger partial charge in [0.2, 0.25) is 0 Å². The van der Waals surface area contributed by atoms with Crippen molar-refractivity contribution >= 4 is 50.1 Å². The molecule has 72 valence electrons. The Morgan fingerprint density at radius 1 is 1.31 bits per heavy atom. The predicted molar refractivity (Wildman–Crippen MR) is 70.6 cm³/mol. The van der Waals surface area contributed by atoms with Crippen LogP contribution >= 0.6 is 50.1 Å². The second-order valence-corrected chi connectivity index (χ2v) is 6.40. The molecule has 0 aliphatic carbocycles. The molecule has 0 saturated carbocycles. The maximum atomic E-state index is 6.05. The molecular formula is C10H11BrClI. The Balaban J connectivity index is 3.29. The lowest BCUT2D eigenvalue weighted by Gasteiger charge is -2.20. The first kappa shape index (κ1) is 11.8. The van der Waals surface area contributed by atoms with Crippen LogP contribution in [-0.4, -0.2) is 0 Å². The van der Waals surface area contributed by atoms with Crippen LogP contribution in [0.1, 0.15) is 26.3 Å². The second-order valence-electron chi connectivity index (χ2n) is 4.00. The van der Waals surface area contributed by atoms with E-state index in [9.17, 15) is 0 Å². The largest absolute Gasteiger partial charge is 0.0819 e. The monoisotopic (exact) mass is 372 g/mol. The van der Waals surface area contributed by atoms with Crippen molar-refractivity contribution in [3.8, 4) is 0 Å². The smallest absolute Gasteiger partial charge is 0.0681 e. The van der Waals surface area contributed by atoms with Gasteiger partial charge in [-0.15, -0.1) is 0 Å². The zero-order chi connectivity index (χ0) is 10.2. The summed E-state index contributed by atoms with van der Waals surface area (Å²) in [5, 5.41) is 0.800. The molecule has 0 spiro atoms. The Bertz CT molecular complexity index is 305. The number of benzene rings is 1. The molecule has 0 bridgehead atoms. The van der Waals surface area contributed by atoms with E-state index in [1.165, 1.54) is 5.56 Å². The highest BCUT2D eigenvalue weighted by atomic mass is 127. The Morgan fingerprint density at radius 3 is 2.23 bits per heavy atom. The molecule has 0 aliphatic rings. The molecule has 0 nitrogen and oxygen atoms in total. The van der Waals surface area contributed by atoms with Crippen molar-refractivity contribution in [1.29, 1.82) is 0 Å². The lowest BCUT2D eigenvalue weighted by molar-refractivity contribution is 0.589. The normalized spacial score (nSPS) is 11.8. The van der Waals surface area contributed by atoms with E-state index >= 15 is 0 Å². The number of halogens is 3. The van der Waals surface area contributed by atoms with Gasteiger partial charge in [-0.3, -0.25) is 0 Å². The van der Waals surface area contributed by atoms with Gasteiger partial charge in [0.1, 0.15) is 0 Å². The van der Waals surface area contributed by atoms with Gasteiger partial charge in [-0.1, -0.05) is 32.4 Å². The fraction of sp³-hybridized carbons (Fsp3) is 0.400. The van der Waals surface area contributed by atoms with Gasteiger partial charge in [0.15, 0.2) is 0 Å². The molecule has 1 aromatic carbocycles. The molecule has 0 aliphatic heterocycles. The van der Waals surface area contributed by atoms with Crippen molar-refractivity contribution in [3.05, 3.63) is 30.8 Å². The molecule has 0 amide bonds. The molecule has 0 fully saturated rings. The SMILES string of the molecule is CC(C)(C)c1cc(Br)c(Cl)c(I)c1. The molecular weight excluding hydrogens is 362 g/mol. The van der Waals surface area contributed by atoms with Crippen LogP contribution in [0.4, 0.5) is 0 Å². The van der Waals surface area contributed by atoms with E-state index in [4.69, 9.17) is 11.6 Å². The van der Waals surface area contributed by atoms with Crippen molar-refractivity contribution in [2.45, 2.75) is 26.2 Å². The zero-order valence-corrected chi connectivity index (χ0v) is 12.3. The van der Waals surface area contributed by atoms with Gasteiger partial charge in [0.05, 0.1) is 5.02 Å². The van der Waals surface area contributed by atoms with Gasteiger partial charge in [0.25, 0.3) is 0 Å². The van der Waals surface area contributed by atoms with Crippen LogP contribution in [0.2, 0.25) is 5.02 Å². The minimum Gasteiger partial charge on any atom is -0.0819 e. The Hall–Kier alpha value is 0.720. The van der Waals surface area contributed by atoms with E-state index in [2.05, 4.69) is 71.4 Å². The first-order valence-corrected chi connectivity index (χ1v) is 6.22. The average molecular weight is 373 g/mol. The molecule has 0 atom stereocenters. The third-order valence-corrected chi connectivity index (χ3v) is 4.28. The van der Waals surface area contributed by atoms with Gasteiger partial charge in [-0.25, -0.2) is 0 Å². The van der Waals surface area contributed by atoms with Crippen LogP contribution in [0.25, 0.3) is 0 Å². The van der Waals surface area contributed by atoms with Crippen molar-refractivity contribution in [2.75, 3.05) is 0 Å². The quantitative estimate of drug-likeness (QED) is 0.443. The van der Waals surface area contributed by atoms with E-state index < -0.39 is 0 Å². The van der Waals surface area contributed by atoms with Crippen LogP contribution in [0.15, 0.2) is 16.6 Å². The molecule has 0 heterocycles. The highest BCUT2D eigenvalue weighted by molar-refractivity contribution is 14.1. The van der Waals surface area contributed by atoms with E-state index in [1.54, 1.807) is 0 Å². The minimum atomic E-state index is 0.174. The Kier molecular flexibility index (Phi) is 3.69. The van der Waals surface area contributed by atoms with Gasteiger partial charge in [0, 0.05) is 8.04 Å². The number of hydrogen-bond donors (Lipinski definition) is 0. The van der Waals surface area contributed by atoms with Crippen molar-refractivity contribution in [3.63, 3.8) is 0 Å². The fourth-order valence-electron chi connectivity index (χ4n) is 0.989. The maximum Gasteiger partial charge on any atom is 0.0681 e. The van der Waals surface area contributed by atoms with Crippen molar-refractivity contribution in [1.82, 2.24) is 0 Å². The highest BCUT2D eigenvalue weighted by Gasteiger charge is 2.16. The summed E-state index contributed by atoms with van der Waals surface area (Å²) in [6, 6.07) is 4.22. The lowest BCUT2D eigenvalue weighted by Crippen LogP contribution is -2.11. The van der Waals surface area contributed by atoms with Gasteiger partial charge in [-0.05, 0) is 61.6 Å². The van der Waals surface area contributed by atoms with E-state index in [-0.39, 0.29) is 5.41 Å². The molecule has 0 aromatic heterocycles. The maximum absolute atomic E-state index is 6.05. The van der Waals surface area contributed by atoms with E-state index in [1.807, 2.05) is 0 Å². The Morgan fingerprint density at radius 2 is 1.85 bits per heavy atom. The summed E-state index contributed by atoms with van der Waals surface area (Å²) in [7, 11) is 0. The third kappa shape index (κ3) is 2.83. The summed E-state index contributed by atoms with van der Waals surface area (Å²) in [4.78, 5) is 0. The summed E-state index contributed by atoms with van der Waals surface area (Å²) in [6.45, 7) is 6.58. The summed E-state index contributed by atoms with van der Waals surface area (Å²) < 4.78 is 2.07. The number of hydrogen-bond acceptors (Lipinski definition) is 0. The van der Waals surface area contributed by atoms with Gasteiger partial charge >= 0.3 is 0 Å². The van der Waals surface area contributed by atoms with E-state index in [0.717, 1.165) is 13.1 Å². The van der Waals surface area contributed by atoms with E-state index in [0.29, 0.717) is 0 Å². The minimum absolute atomic E-state index is 0.174. The summed E-state index contributed by atoms with van der Waals surface area (Å²) in [5.74, 6) is 0. The van der Waals surface area contributed by atoms with Gasteiger partial charge < -0.3 is 0 Å². The summed E-state index contributed by atoms with van der Waals surface area (Å²) >= 11 is 11.8. The molecule has 0 saturated heterocycles. The second kappa shape index (κ2) is 4.07. The molecule has 13 heavy (non-hydrogen) atoms. The first-order valence-electron chi connectivity index (χ1n) is 3.97. The van der Waals surface area contributed by atoms with Crippen LogP contribution in [0.3, 0.4) is 0 Å². The molecule has 1 aromatic rings. The van der Waals surface area contributed by atoms with Crippen molar-refractivity contribution in [2.24, 2.45) is 0 Å². The Labute approximate surface area is 106 Å². The molecule has 0 unspecified atom stereocenters. The highest BCUT2D eigenvalue weighted by Crippen LogP contribution is 2.33. The molecule has 0 N–H and O–H groups in total. The van der Waals surface area contributed by atoms with Crippen molar-refractivity contribution < 1.29 is 0 Å². The molecule has 3 heteroatoms.